The second-order valence-corrected chi connectivity index (χ2v) is 5.19. The van der Waals surface area contributed by atoms with E-state index in [9.17, 15) is 4.79 Å². The molecule has 0 aromatic rings. The van der Waals surface area contributed by atoms with E-state index in [1.54, 1.807) is 0 Å². The molecule has 2 rings (SSSR count). The van der Waals surface area contributed by atoms with Crippen LogP contribution in [0.5, 0.6) is 0 Å². The third-order valence-corrected chi connectivity index (χ3v) is 4.25. The first-order valence-electron chi connectivity index (χ1n) is 6.61. The first-order valence-corrected chi connectivity index (χ1v) is 6.61. The standard InChI is InChI=1S/C13H23NO2/c1-16-13(15)8-4-5-10-9-14-12-7-3-2-6-11(10)12/h10-12,14H,2-9H2,1H3. The number of carbonyl (C=O) groups excluding carboxylic acids is 1. The summed E-state index contributed by atoms with van der Waals surface area (Å²) in [7, 11) is 1.47. The molecule has 1 aliphatic heterocycles. The van der Waals surface area contributed by atoms with Crippen LogP contribution in [0, 0.1) is 11.8 Å². The molecule has 3 heteroatoms. The van der Waals surface area contributed by atoms with E-state index in [4.69, 9.17) is 0 Å². The molecule has 92 valence electrons. The summed E-state index contributed by atoms with van der Waals surface area (Å²) in [5.74, 6) is 1.62. The van der Waals surface area contributed by atoms with Crippen molar-refractivity contribution in [2.75, 3.05) is 13.7 Å². The molecule has 2 aliphatic rings. The van der Waals surface area contributed by atoms with Gasteiger partial charge in [-0.15, -0.1) is 0 Å². The van der Waals surface area contributed by atoms with E-state index >= 15 is 0 Å². The lowest BCUT2D eigenvalue weighted by molar-refractivity contribution is -0.140. The summed E-state index contributed by atoms with van der Waals surface area (Å²) in [6.45, 7) is 1.16. The van der Waals surface area contributed by atoms with Crippen molar-refractivity contribution in [3.63, 3.8) is 0 Å². The monoisotopic (exact) mass is 225 g/mol. The van der Waals surface area contributed by atoms with Crippen molar-refractivity contribution < 1.29 is 9.53 Å². The van der Waals surface area contributed by atoms with Crippen molar-refractivity contribution in [2.45, 2.75) is 51.0 Å². The van der Waals surface area contributed by atoms with Crippen molar-refractivity contribution in [2.24, 2.45) is 11.8 Å². The Morgan fingerprint density at radius 3 is 3.00 bits per heavy atom. The van der Waals surface area contributed by atoms with Crippen molar-refractivity contribution in [1.82, 2.24) is 5.32 Å². The Labute approximate surface area is 97.9 Å². The molecule has 1 saturated carbocycles. The molecule has 1 N–H and O–H groups in total. The van der Waals surface area contributed by atoms with Gasteiger partial charge in [-0.3, -0.25) is 4.79 Å². The Bertz CT molecular complexity index is 242. The van der Waals surface area contributed by atoms with Gasteiger partial charge in [-0.1, -0.05) is 12.8 Å². The summed E-state index contributed by atoms with van der Waals surface area (Å²) in [4.78, 5) is 11.0. The van der Waals surface area contributed by atoms with E-state index in [-0.39, 0.29) is 5.97 Å². The molecule has 3 unspecified atom stereocenters. The van der Waals surface area contributed by atoms with Gasteiger partial charge in [0.15, 0.2) is 0 Å². The maximum atomic E-state index is 11.0. The van der Waals surface area contributed by atoms with Crippen LogP contribution in [0.3, 0.4) is 0 Å². The highest BCUT2D eigenvalue weighted by Gasteiger charge is 2.36. The van der Waals surface area contributed by atoms with Gasteiger partial charge < -0.3 is 10.1 Å². The molecular weight excluding hydrogens is 202 g/mol. The molecule has 0 aromatic heterocycles. The number of fused-ring (bicyclic) bond motifs is 1. The number of ether oxygens (including phenoxy) is 1. The van der Waals surface area contributed by atoms with Gasteiger partial charge in [0.2, 0.25) is 0 Å². The molecule has 16 heavy (non-hydrogen) atoms. The van der Waals surface area contributed by atoms with Crippen molar-refractivity contribution in [3.8, 4) is 0 Å². The highest BCUT2D eigenvalue weighted by Crippen LogP contribution is 2.36. The van der Waals surface area contributed by atoms with Crippen molar-refractivity contribution in [1.29, 1.82) is 0 Å². The Hall–Kier alpha value is -0.570. The van der Waals surface area contributed by atoms with Gasteiger partial charge in [-0.25, -0.2) is 0 Å². The Balaban J connectivity index is 1.71. The van der Waals surface area contributed by atoms with Crippen LogP contribution in [0.2, 0.25) is 0 Å². The number of methoxy groups -OCH3 is 1. The predicted molar refractivity (Wildman–Crippen MR) is 63.1 cm³/mol. The van der Waals surface area contributed by atoms with Crippen LogP contribution in [-0.4, -0.2) is 25.7 Å². The summed E-state index contributed by atoms with van der Waals surface area (Å²) in [5.41, 5.74) is 0. The summed E-state index contributed by atoms with van der Waals surface area (Å²) in [5, 5.41) is 3.64. The van der Waals surface area contributed by atoms with Crippen LogP contribution in [-0.2, 0) is 9.53 Å². The number of nitrogens with one attached hydrogen (secondary N) is 1. The SMILES string of the molecule is COC(=O)CCCC1CNC2CCCCC12. The van der Waals surface area contributed by atoms with Gasteiger partial charge in [0.05, 0.1) is 7.11 Å². The zero-order chi connectivity index (χ0) is 11.4. The van der Waals surface area contributed by atoms with Crippen LogP contribution >= 0.6 is 0 Å². The number of hydrogen-bond acceptors (Lipinski definition) is 3. The molecule has 2 fully saturated rings. The largest absolute Gasteiger partial charge is 0.469 e. The van der Waals surface area contributed by atoms with E-state index in [0.29, 0.717) is 6.42 Å². The lowest BCUT2D eigenvalue weighted by Gasteiger charge is -2.28. The smallest absolute Gasteiger partial charge is 0.305 e. The maximum Gasteiger partial charge on any atom is 0.305 e. The molecule has 1 saturated heterocycles. The highest BCUT2D eigenvalue weighted by atomic mass is 16.5. The lowest BCUT2D eigenvalue weighted by Crippen LogP contribution is -2.30. The van der Waals surface area contributed by atoms with Crippen LogP contribution in [0.1, 0.15) is 44.9 Å². The fourth-order valence-electron chi connectivity index (χ4n) is 3.36. The molecule has 0 radical (unpaired) electrons. The van der Waals surface area contributed by atoms with E-state index in [2.05, 4.69) is 10.1 Å². The van der Waals surface area contributed by atoms with Crippen LogP contribution in [0.4, 0.5) is 0 Å². The Morgan fingerprint density at radius 2 is 2.19 bits per heavy atom. The minimum atomic E-state index is -0.0637. The van der Waals surface area contributed by atoms with Gasteiger partial charge in [0.25, 0.3) is 0 Å². The van der Waals surface area contributed by atoms with E-state index < -0.39 is 0 Å². The summed E-state index contributed by atoms with van der Waals surface area (Å²) in [6.07, 6.45) is 8.30. The highest BCUT2D eigenvalue weighted by molar-refractivity contribution is 5.68. The lowest BCUT2D eigenvalue weighted by atomic mass is 9.78. The summed E-state index contributed by atoms with van der Waals surface area (Å²) < 4.78 is 4.67. The topological polar surface area (TPSA) is 38.3 Å². The normalized spacial score (nSPS) is 33.4. The van der Waals surface area contributed by atoms with Crippen LogP contribution in [0.25, 0.3) is 0 Å². The average Bonchev–Trinajstić information content (AvgIpc) is 2.73. The van der Waals surface area contributed by atoms with Gasteiger partial charge in [-0.05, 0) is 44.1 Å². The zero-order valence-electron chi connectivity index (χ0n) is 10.2. The van der Waals surface area contributed by atoms with Crippen molar-refractivity contribution >= 4 is 5.97 Å². The summed E-state index contributed by atoms with van der Waals surface area (Å²) >= 11 is 0. The Morgan fingerprint density at radius 1 is 1.38 bits per heavy atom. The van der Waals surface area contributed by atoms with Crippen LogP contribution in [0.15, 0.2) is 0 Å². The quantitative estimate of drug-likeness (QED) is 0.745. The van der Waals surface area contributed by atoms with Crippen molar-refractivity contribution in [3.05, 3.63) is 0 Å². The first kappa shape index (κ1) is 11.9. The molecule has 0 amide bonds. The van der Waals surface area contributed by atoms with E-state index in [0.717, 1.165) is 30.8 Å². The summed E-state index contributed by atoms with van der Waals surface area (Å²) in [6, 6.07) is 0.775. The Kier molecular flexibility index (Phi) is 4.22. The van der Waals surface area contributed by atoms with Crippen LogP contribution < -0.4 is 5.32 Å². The molecule has 0 spiro atoms. The second kappa shape index (κ2) is 5.67. The van der Waals surface area contributed by atoms with E-state index in [1.165, 1.54) is 39.2 Å². The average molecular weight is 225 g/mol. The molecule has 1 heterocycles. The third kappa shape index (κ3) is 2.76. The minimum Gasteiger partial charge on any atom is -0.469 e. The van der Waals surface area contributed by atoms with Gasteiger partial charge in [0, 0.05) is 12.5 Å². The van der Waals surface area contributed by atoms with Gasteiger partial charge in [0.1, 0.15) is 0 Å². The number of carbonyl (C=O) groups is 1. The molecule has 0 bridgehead atoms. The molecule has 1 aliphatic carbocycles. The molecule has 3 nitrogen and oxygen atoms in total. The molecular formula is C13H23NO2. The van der Waals surface area contributed by atoms with Gasteiger partial charge in [-0.2, -0.15) is 0 Å². The third-order valence-electron chi connectivity index (χ3n) is 4.25. The number of rotatable bonds is 4. The molecule has 3 atom stereocenters. The second-order valence-electron chi connectivity index (χ2n) is 5.19. The first-order chi connectivity index (χ1) is 7.81. The maximum absolute atomic E-state index is 11.0. The zero-order valence-corrected chi connectivity index (χ0v) is 10.2. The number of esters is 1. The predicted octanol–water partition coefficient (Wildman–Crippen LogP) is 2.11. The minimum absolute atomic E-state index is 0.0637. The number of hydrogen-bond donors (Lipinski definition) is 1. The fraction of sp³-hybridized carbons (Fsp3) is 0.923. The van der Waals surface area contributed by atoms with Gasteiger partial charge >= 0.3 is 5.97 Å². The van der Waals surface area contributed by atoms with E-state index in [1.807, 2.05) is 0 Å². The fourth-order valence-corrected chi connectivity index (χ4v) is 3.36. The molecule has 0 aromatic carbocycles.